The minimum Gasteiger partial charge on any atom is -0.390 e. The summed E-state index contributed by atoms with van der Waals surface area (Å²) in [5, 5.41) is 13.5. The van der Waals surface area contributed by atoms with E-state index in [0.29, 0.717) is 0 Å². The van der Waals surface area contributed by atoms with Gasteiger partial charge in [-0.15, -0.1) is 0 Å². The highest BCUT2D eigenvalue weighted by Crippen LogP contribution is 2.31. The molecule has 3 nitrogen and oxygen atoms in total. The highest BCUT2D eigenvalue weighted by Gasteiger charge is 2.23. The van der Waals surface area contributed by atoms with Crippen molar-refractivity contribution in [3.8, 4) is 0 Å². The van der Waals surface area contributed by atoms with E-state index >= 15 is 0 Å². The molecule has 1 rings (SSSR count). The van der Waals surface area contributed by atoms with Crippen LogP contribution in [0.1, 0.15) is 51.9 Å². The van der Waals surface area contributed by atoms with E-state index in [4.69, 9.17) is 4.74 Å². The lowest BCUT2D eigenvalue weighted by Crippen LogP contribution is -2.31. The quantitative estimate of drug-likeness (QED) is 0.611. The van der Waals surface area contributed by atoms with Crippen LogP contribution in [-0.2, 0) is 4.74 Å². The van der Waals surface area contributed by atoms with Crippen LogP contribution in [0.15, 0.2) is 0 Å². The maximum atomic E-state index is 10.3. The van der Waals surface area contributed by atoms with Gasteiger partial charge in [0.15, 0.2) is 0 Å². The lowest BCUT2D eigenvalue weighted by atomic mass is 9.90. The summed E-state index contributed by atoms with van der Waals surface area (Å²) in [6, 6.07) is 0. The van der Waals surface area contributed by atoms with Crippen LogP contribution in [-0.4, -0.2) is 37.5 Å². The fourth-order valence-electron chi connectivity index (χ4n) is 2.60. The fourth-order valence-corrected chi connectivity index (χ4v) is 2.60. The van der Waals surface area contributed by atoms with E-state index in [2.05, 4.69) is 5.32 Å². The molecule has 0 heterocycles. The molecule has 1 saturated carbocycles. The Labute approximate surface area is 106 Å². The number of hydrogen-bond donors (Lipinski definition) is 2. The van der Waals surface area contributed by atoms with Crippen LogP contribution in [0.3, 0.4) is 0 Å². The number of aliphatic hydroxyl groups is 1. The van der Waals surface area contributed by atoms with Gasteiger partial charge in [-0.25, -0.2) is 0 Å². The summed E-state index contributed by atoms with van der Waals surface area (Å²) in [7, 11) is 1.71. The van der Waals surface area contributed by atoms with Crippen molar-refractivity contribution in [1.29, 1.82) is 0 Å². The predicted octanol–water partition coefficient (Wildman–Crippen LogP) is 2.33. The van der Waals surface area contributed by atoms with Gasteiger partial charge in [0.2, 0.25) is 0 Å². The van der Waals surface area contributed by atoms with Crippen LogP contribution in [0.5, 0.6) is 0 Å². The van der Waals surface area contributed by atoms with Crippen molar-refractivity contribution in [2.24, 2.45) is 5.92 Å². The monoisotopic (exact) mass is 243 g/mol. The summed E-state index contributed by atoms with van der Waals surface area (Å²) in [5.74, 6) is 0.878. The maximum Gasteiger partial charge on any atom is 0.0632 e. The average Bonchev–Trinajstić information content (AvgIpc) is 2.79. The Morgan fingerprint density at radius 1 is 1.24 bits per heavy atom. The molecule has 3 heteroatoms. The Kier molecular flexibility index (Phi) is 7.09. The summed E-state index contributed by atoms with van der Waals surface area (Å²) >= 11 is 0. The molecule has 0 radical (unpaired) electrons. The Bertz CT molecular complexity index is 189. The molecule has 0 aliphatic heterocycles. The van der Waals surface area contributed by atoms with Gasteiger partial charge in [0.05, 0.1) is 12.2 Å². The van der Waals surface area contributed by atoms with Crippen LogP contribution in [0.4, 0.5) is 0 Å². The second-order valence-electron chi connectivity index (χ2n) is 5.68. The first-order valence-corrected chi connectivity index (χ1v) is 7.06. The van der Waals surface area contributed by atoms with Crippen LogP contribution >= 0.6 is 0 Å². The normalized spacial score (nSPS) is 20.6. The zero-order valence-corrected chi connectivity index (χ0v) is 11.5. The van der Waals surface area contributed by atoms with E-state index in [1.54, 1.807) is 7.11 Å². The second-order valence-corrected chi connectivity index (χ2v) is 5.68. The SMILES string of the molecule is COCCNCCC(C)(O)CCC1CCCC1. The molecule has 0 bridgehead atoms. The van der Waals surface area contributed by atoms with Gasteiger partial charge in [0, 0.05) is 13.7 Å². The van der Waals surface area contributed by atoms with Crippen molar-refractivity contribution in [1.82, 2.24) is 5.32 Å². The number of hydrogen-bond acceptors (Lipinski definition) is 3. The molecule has 2 N–H and O–H groups in total. The molecule has 0 spiro atoms. The minimum atomic E-state index is -0.497. The number of rotatable bonds is 9. The Morgan fingerprint density at radius 2 is 1.94 bits per heavy atom. The lowest BCUT2D eigenvalue weighted by molar-refractivity contribution is 0.0355. The smallest absolute Gasteiger partial charge is 0.0632 e. The molecule has 17 heavy (non-hydrogen) atoms. The van der Waals surface area contributed by atoms with Gasteiger partial charge in [-0.1, -0.05) is 25.7 Å². The molecular formula is C14H29NO2. The summed E-state index contributed by atoms with van der Waals surface area (Å²) in [6.45, 7) is 4.46. The van der Waals surface area contributed by atoms with Crippen LogP contribution in [0.25, 0.3) is 0 Å². The van der Waals surface area contributed by atoms with E-state index < -0.39 is 5.60 Å². The van der Waals surface area contributed by atoms with Gasteiger partial charge in [-0.2, -0.15) is 0 Å². The van der Waals surface area contributed by atoms with Crippen LogP contribution in [0.2, 0.25) is 0 Å². The third kappa shape index (κ3) is 7.02. The van der Waals surface area contributed by atoms with Crippen molar-refractivity contribution in [2.75, 3.05) is 26.8 Å². The van der Waals surface area contributed by atoms with Crippen LogP contribution in [0, 0.1) is 5.92 Å². The number of nitrogens with one attached hydrogen (secondary N) is 1. The van der Waals surface area contributed by atoms with E-state index in [9.17, 15) is 5.11 Å². The molecule has 0 saturated heterocycles. The third-order valence-corrected chi connectivity index (χ3v) is 3.89. The van der Waals surface area contributed by atoms with Crippen molar-refractivity contribution >= 4 is 0 Å². The van der Waals surface area contributed by atoms with E-state index in [1.165, 1.54) is 32.1 Å². The first-order valence-electron chi connectivity index (χ1n) is 7.06. The zero-order valence-electron chi connectivity index (χ0n) is 11.5. The molecular weight excluding hydrogens is 214 g/mol. The molecule has 0 aromatic rings. The molecule has 1 aliphatic carbocycles. The minimum absolute atomic E-state index is 0.497. The maximum absolute atomic E-state index is 10.3. The third-order valence-electron chi connectivity index (χ3n) is 3.89. The topological polar surface area (TPSA) is 41.5 Å². The van der Waals surface area contributed by atoms with Gasteiger partial charge in [0.1, 0.15) is 0 Å². The summed E-state index contributed by atoms with van der Waals surface area (Å²) in [4.78, 5) is 0. The van der Waals surface area contributed by atoms with Gasteiger partial charge in [0.25, 0.3) is 0 Å². The van der Waals surface area contributed by atoms with Crippen molar-refractivity contribution in [3.63, 3.8) is 0 Å². The Hall–Kier alpha value is -0.120. The standard InChI is InChI=1S/C14H29NO2/c1-14(16,9-10-15-11-12-17-2)8-7-13-5-3-4-6-13/h13,15-16H,3-12H2,1-2H3. The molecule has 102 valence electrons. The van der Waals surface area contributed by atoms with Crippen molar-refractivity contribution in [2.45, 2.75) is 57.5 Å². The van der Waals surface area contributed by atoms with E-state index in [-0.39, 0.29) is 0 Å². The van der Waals surface area contributed by atoms with Gasteiger partial charge >= 0.3 is 0 Å². The summed E-state index contributed by atoms with van der Waals surface area (Å²) < 4.78 is 4.96. The second kappa shape index (κ2) is 8.06. The van der Waals surface area contributed by atoms with Crippen molar-refractivity contribution < 1.29 is 9.84 Å². The highest BCUT2D eigenvalue weighted by atomic mass is 16.5. The molecule has 0 amide bonds. The molecule has 0 aromatic carbocycles. The van der Waals surface area contributed by atoms with E-state index in [1.807, 2.05) is 6.92 Å². The molecule has 1 fully saturated rings. The van der Waals surface area contributed by atoms with E-state index in [0.717, 1.165) is 38.5 Å². The molecule has 1 atom stereocenters. The molecule has 1 unspecified atom stereocenters. The number of methoxy groups -OCH3 is 1. The van der Waals surface area contributed by atoms with Gasteiger partial charge in [-0.3, -0.25) is 0 Å². The lowest BCUT2D eigenvalue weighted by Gasteiger charge is -2.25. The molecule has 1 aliphatic rings. The Balaban J connectivity index is 2.03. The van der Waals surface area contributed by atoms with Crippen molar-refractivity contribution in [3.05, 3.63) is 0 Å². The van der Waals surface area contributed by atoms with Crippen LogP contribution < -0.4 is 5.32 Å². The summed E-state index contributed by atoms with van der Waals surface area (Å²) in [6.07, 6.45) is 8.53. The molecule has 0 aromatic heterocycles. The largest absolute Gasteiger partial charge is 0.390 e. The zero-order chi connectivity index (χ0) is 12.6. The highest BCUT2D eigenvalue weighted by molar-refractivity contribution is 4.77. The number of ether oxygens (including phenoxy) is 1. The van der Waals surface area contributed by atoms with Gasteiger partial charge < -0.3 is 15.2 Å². The first-order chi connectivity index (χ1) is 8.14. The predicted molar refractivity (Wildman–Crippen MR) is 71.2 cm³/mol. The van der Waals surface area contributed by atoms with Gasteiger partial charge in [-0.05, 0) is 38.6 Å². The fraction of sp³-hybridized carbons (Fsp3) is 1.00. The first kappa shape index (κ1) is 14.9. The summed E-state index contributed by atoms with van der Waals surface area (Å²) in [5.41, 5.74) is -0.497. The Morgan fingerprint density at radius 3 is 2.59 bits per heavy atom. The average molecular weight is 243 g/mol.